The SMILES string of the molecule is CC(CNc1ccc(F)cc1)NC1=NCCCC1C. The molecule has 0 saturated carbocycles. The van der Waals surface area contributed by atoms with Crippen LogP contribution in [0.3, 0.4) is 0 Å². The summed E-state index contributed by atoms with van der Waals surface area (Å²) in [5, 5.41) is 6.76. The third kappa shape index (κ3) is 4.23. The molecule has 0 saturated heterocycles. The molecule has 2 N–H and O–H groups in total. The highest BCUT2D eigenvalue weighted by molar-refractivity contribution is 5.85. The van der Waals surface area contributed by atoms with Gasteiger partial charge in [0, 0.05) is 30.7 Å². The van der Waals surface area contributed by atoms with Gasteiger partial charge in [-0.25, -0.2) is 4.39 Å². The van der Waals surface area contributed by atoms with Gasteiger partial charge in [0.2, 0.25) is 0 Å². The Morgan fingerprint density at radius 1 is 1.37 bits per heavy atom. The molecular formula is C15H22FN3. The number of benzene rings is 1. The number of anilines is 1. The fourth-order valence-corrected chi connectivity index (χ4v) is 2.22. The molecule has 0 radical (unpaired) electrons. The molecule has 1 aromatic rings. The summed E-state index contributed by atoms with van der Waals surface area (Å²) in [5.41, 5.74) is 0.939. The zero-order valence-electron chi connectivity index (χ0n) is 11.6. The van der Waals surface area contributed by atoms with Gasteiger partial charge in [-0.1, -0.05) is 6.92 Å². The number of hydrogen-bond acceptors (Lipinski definition) is 3. The first-order valence-corrected chi connectivity index (χ1v) is 6.95. The maximum atomic E-state index is 12.8. The Morgan fingerprint density at radius 3 is 2.79 bits per heavy atom. The minimum atomic E-state index is -0.206. The van der Waals surface area contributed by atoms with Gasteiger partial charge in [0.25, 0.3) is 0 Å². The molecule has 2 unspecified atom stereocenters. The molecule has 1 aliphatic heterocycles. The molecule has 4 heteroatoms. The lowest BCUT2D eigenvalue weighted by Crippen LogP contribution is -2.41. The van der Waals surface area contributed by atoms with Crippen molar-refractivity contribution in [1.29, 1.82) is 0 Å². The molecule has 0 aromatic heterocycles. The number of nitrogens with zero attached hydrogens (tertiary/aromatic N) is 1. The highest BCUT2D eigenvalue weighted by Gasteiger charge is 2.16. The molecule has 104 valence electrons. The van der Waals surface area contributed by atoms with E-state index in [1.54, 1.807) is 12.1 Å². The van der Waals surface area contributed by atoms with Gasteiger partial charge in [-0.05, 0) is 44.0 Å². The van der Waals surface area contributed by atoms with Gasteiger partial charge in [0.1, 0.15) is 5.82 Å². The second-order valence-electron chi connectivity index (χ2n) is 5.24. The molecule has 0 fully saturated rings. The van der Waals surface area contributed by atoms with Crippen molar-refractivity contribution in [3.8, 4) is 0 Å². The van der Waals surface area contributed by atoms with E-state index in [-0.39, 0.29) is 5.82 Å². The van der Waals surface area contributed by atoms with Crippen molar-refractivity contribution < 1.29 is 4.39 Å². The Balaban J connectivity index is 1.79. The van der Waals surface area contributed by atoms with Crippen molar-refractivity contribution in [2.24, 2.45) is 10.9 Å². The normalized spacial score (nSPS) is 20.6. The van der Waals surface area contributed by atoms with E-state index in [4.69, 9.17) is 0 Å². The number of aliphatic imine (C=N–C) groups is 1. The van der Waals surface area contributed by atoms with Crippen LogP contribution >= 0.6 is 0 Å². The Bertz CT molecular complexity index is 428. The standard InChI is InChI=1S/C15H22FN3/c1-11-4-3-9-17-15(11)19-12(2)10-18-14-7-5-13(16)6-8-14/h5-8,11-12,18H,3-4,9-10H2,1-2H3,(H,17,19). The monoisotopic (exact) mass is 263 g/mol. The molecule has 2 rings (SSSR count). The van der Waals surface area contributed by atoms with Gasteiger partial charge in [-0.15, -0.1) is 0 Å². The summed E-state index contributed by atoms with van der Waals surface area (Å²) in [4.78, 5) is 4.55. The van der Waals surface area contributed by atoms with Crippen molar-refractivity contribution in [1.82, 2.24) is 5.32 Å². The number of halogens is 1. The van der Waals surface area contributed by atoms with Gasteiger partial charge < -0.3 is 10.6 Å². The predicted molar refractivity (Wildman–Crippen MR) is 78.2 cm³/mol. The van der Waals surface area contributed by atoms with Crippen molar-refractivity contribution in [3.63, 3.8) is 0 Å². The van der Waals surface area contributed by atoms with E-state index in [1.165, 1.54) is 25.0 Å². The zero-order chi connectivity index (χ0) is 13.7. The molecule has 1 heterocycles. The number of rotatable bonds is 4. The van der Waals surface area contributed by atoms with E-state index >= 15 is 0 Å². The minimum Gasteiger partial charge on any atom is -0.383 e. The quantitative estimate of drug-likeness (QED) is 0.876. The van der Waals surface area contributed by atoms with E-state index in [0.717, 1.165) is 24.6 Å². The second kappa shape index (κ2) is 6.55. The third-order valence-corrected chi connectivity index (χ3v) is 3.40. The van der Waals surface area contributed by atoms with Crippen LogP contribution < -0.4 is 10.6 Å². The first-order chi connectivity index (χ1) is 9.15. The summed E-state index contributed by atoms with van der Waals surface area (Å²) in [6.45, 7) is 6.06. The van der Waals surface area contributed by atoms with E-state index in [9.17, 15) is 4.39 Å². The molecule has 0 amide bonds. The molecule has 19 heavy (non-hydrogen) atoms. The molecular weight excluding hydrogens is 241 g/mol. The van der Waals surface area contributed by atoms with E-state index in [0.29, 0.717) is 12.0 Å². The van der Waals surface area contributed by atoms with Crippen molar-refractivity contribution in [2.45, 2.75) is 32.7 Å². The molecule has 3 nitrogen and oxygen atoms in total. The number of nitrogens with one attached hydrogen (secondary N) is 2. The molecule has 1 aromatic carbocycles. The summed E-state index contributed by atoms with van der Waals surface area (Å²) < 4.78 is 12.8. The van der Waals surface area contributed by atoms with E-state index in [1.807, 2.05) is 0 Å². The van der Waals surface area contributed by atoms with Crippen molar-refractivity contribution in [3.05, 3.63) is 30.1 Å². The van der Waals surface area contributed by atoms with Gasteiger partial charge in [-0.3, -0.25) is 4.99 Å². The Morgan fingerprint density at radius 2 is 2.11 bits per heavy atom. The molecule has 2 atom stereocenters. The van der Waals surface area contributed by atoms with Gasteiger partial charge >= 0.3 is 0 Å². The van der Waals surface area contributed by atoms with Gasteiger partial charge in [0.15, 0.2) is 0 Å². The minimum absolute atomic E-state index is 0.206. The smallest absolute Gasteiger partial charge is 0.123 e. The predicted octanol–water partition coefficient (Wildman–Crippen LogP) is 3.04. The fourth-order valence-electron chi connectivity index (χ4n) is 2.22. The Kier molecular flexibility index (Phi) is 4.77. The summed E-state index contributed by atoms with van der Waals surface area (Å²) >= 11 is 0. The average molecular weight is 263 g/mol. The molecule has 0 aliphatic carbocycles. The Labute approximate surface area is 114 Å². The van der Waals surface area contributed by atoms with Crippen LogP contribution in [0.2, 0.25) is 0 Å². The number of hydrogen-bond donors (Lipinski definition) is 2. The highest BCUT2D eigenvalue weighted by Crippen LogP contribution is 2.13. The van der Waals surface area contributed by atoms with Crippen LogP contribution in [-0.2, 0) is 0 Å². The lowest BCUT2D eigenvalue weighted by atomic mass is 10.0. The molecule has 0 bridgehead atoms. The van der Waals surface area contributed by atoms with Gasteiger partial charge in [0.05, 0.1) is 5.84 Å². The summed E-state index contributed by atoms with van der Waals surface area (Å²) in [6, 6.07) is 6.73. The zero-order valence-corrected chi connectivity index (χ0v) is 11.6. The second-order valence-corrected chi connectivity index (χ2v) is 5.24. The van der Waals surface area contributed by atoms with Crippen LogP contribution in [0.25, 0.3) is 0 Å². The highest BCUT2D eigenvalue weighted by atomic mass is 19.1. The van der Waals surface area contributed by atoms with Crippen LogP contribution in [-0.4, -0.2) is 25.0 Å². The number of amidine groups is 1. The first-order valence-electron chi connectivity index (χ1n) is 6.95. The maximum Gasteiger partial charge on any atom is 0.123 e. The van der Waals surface area contributed by atoms with Gasteiger partial charge in [-0.2, -0.15) is 0 Å². The molecule has 0 spiro atoms. The first kappa shape index (κ1) is 13.8. The average Bonchev–Trinajstić information content (AvgIpc) is 2.41. The van der Waals surface area contributed by atoms with Crippen LogP contribution in [0.5, 0.6) is 0 Å². The maximum absolute atomic E-state index is 12.8. The lowest BCUT2D eigenvalue weighted by molar-refractivity contribution is 0.564. The van der Waals surface area contributed by atoms with E-state index < -0.39 is 0 Å². The van der Waals surface area contributed by atoms with Crippen LogP contribution in [0, 0.1) is 11.7 Å². The molecule has 1 aliphatic rings. The fraction of sp³-hybridized carbons (Fsp3) is 0.533. The van der Waals surface area contributed by atoms with Crippen LogP contribution in [0.1, 0.15) is 26.7 Å². The topological polar surface area (TPSA) is 36.4 Å². The van der Waals surface area contributed by atoms with Crippen LogP contribution in [0.4, 0.5) is 10.1 Å². The Hall–Kier alpha value is -1.58. The van der Waals surface area contributed by atoms with Crippen molar-refractivity contribution in [2.75, 3.05) is 18.4 Å². The summed E-state index contributed by atoms with van der Waals surface area (Å²) in [7, 11) is 0. The van der Waals surface area contributed by atoms with Crippen molar-refractivity contribution >= 4 is 11.5 Å². The lowest BCUT2D eigenvalue weighted by Gasteiger charge is -2.24. The van der Waals surface area contributed by atoms with E-state index in [2.05, 4.69) is 29.5 Å². The largest absolute Gasteiger partial charge is 0.383 e. The summed E-state index contributed by atoms with van der Waals surface area (Å²) in [5.74, 6) is 1.45. The van der Waals surface area contributed by atoms with Crippen LogP contribution in [0.15, 0.2) is 29.3 Å². The third-order valence-electron chi connectivity index (χ3n) is 3.40. The summed E-state index contributed by atoms with van der Waals surface area (Å²) in [6.07, 6.45) is 2.40.